The zero-order valence-electron chi connectivity index (χ0n) is 22.8. The number of hydrogen-bond acceptors (Lipinski definition) is 8. The van der Waals surface area contributed by atoms with Crippen molar-refractivity contribution in [1.29, 1.82) is 0 Å². The van der Waals surface area contributed by atoms with Crippen LogP contribution in [0.1, 0.15) is 18.5 Å². The molecule has 1 saturated heterocycles. The first-order chi connectivity index (χ1) is 19.3. The van der Waals surface area contributed by atoms with Crippen LogP contribution in [0, 0.1) is 5.82 Å². The summed E-state index contributed by atoms with van der Waals surface area (Å²) < 4.78 is 14.7. The summed E-state index contributed by atoms with van der Waals surface area (Å²) in [5.74, 6) is -0.0528. The average Bonchev–Trinajstić information content (AvgIpc) is 2.95. The van der Waals surface area contributed by atoms with Gasteiger partial charge in [-0.2, -0.15) is 0 Å². The van der Waals surface area contributed by atoms with Crippen molar-refractivity contribution in [2.45, 2.75) is 12.8 Å². The highest BCUT2D eigenvalue weighted by molar-refractivity contribution is 6.30. The van der Waals surface area contributed by atoms with Gasteiger partial charge in [-0.1, -0.05) is 17.7 Å². The van der Waals surface area contributed by atoms with E-state index in [1.807, 2.05) is 6.07 Å². The van der Waals surface area contributed by atoms with Crippen LogP contribution in [0.3, 0.4) is 0 Å². The van der Waals surface area contributed by atoms with E-state index in [4.69, 9.17) is 11.6 Å². The molecule has 0 radical (unpaired) electrons. The molecule has 0 aliphatic carbocycles. The standard InChI is InChI=1S/C29H34ClFN8O/c1-37-10-6-20(7-11-37)29-26(19-25(35-36-29)23-17-21(30)3-4-24(23)31)33-22-5-9-32-27(18-22)34-28(40)8-12-39-15-13-38(2)14-16-39/h3-6,9,17-19H,7-8,10-16H2,1-2H3,(H2,32,33,34,35,40). The van der Waals surface area contributed by atoms with Crippen molar-refractivity contribution >= 4 is 40.3 Å². The maximum absolute atomic E-state index is 14.7. The topological polar surface area (TPSA) is 89.5 Å². The summed E-state index contributed by atoms with van der Waals surface area (Å²) in [6.45, 7) is 6.40. The van der Waals surface area contributed by atoms with E-state index in [0.717, 1.165) is 57.8 Å². The summed E-state index contributed by atoms with van der Waals surface area (Å²) in [4.78, 5) is 23.8. The SMILES string of the molecule is CN1CC=C(c2nnc(-c3cc(Cl)ccc3F)cc2Nc2ccnc(NC(=O)CCN3CCN(C)CC3)c2)CC1. The monoisotopic (exact) mass is 564 g/mol. The highest BCUT2D eigenvalue weighted by Crippen LogP contribution is 2.33. The molecule has 1 amide bonds. The molecule has 40 heavy (non-hydrogen) atoms. The van der Waals surface area contributed by atoms with Gasteiger partial charge in [-0.15, -0.1) is 10.2 Å². The molecule has 4 heterocycles. The number of hydrogen-bond donors (Lipinski definition) is 2. The number of nitrogens with zero attached hydrogens (tertiary/aromatic N) is 6. The van der Waals surface area contributed by atoms with Crippen molar-refractivity contribution in [3.8, 4) is 11.3 Å². The van der Waals surface area contributed by atoms with Gasteiger partial charge in [0.2, 0.25) is 5.91 Å². The van der Waals surface area contributed by atoms with E-state index in [9.17, 15) is 9.18 Å². The maximum atomic E-state index is 14.7. The average molecular weight is 565 g/mol. The number of likely N-dealkylation sites (N-methyl/N-ethyl adjacent to an activating group) is 2. The Kier molecular flexibility index (Phi) is 9.01. The van der Waals surface area contributed by atoms with Gasteiger partial charge in [-0.3, -0.25) is 4.79 Å². The summed E-state index contributed by atoms with van der Waals surface area (Å²) in [5.41, 5.74) is 3.80. The molecule has 9 nitrogen and oxygen atoms in total. The quantitative estimate of drug-likeness (QED) is 0.417. The second-order valence-electron chi connectivity index (χ2n) is 10.4. The lowest BCUT2D eigenvalue weighted by molar-refractivity contribution is -0.116. The van der Waals surface area contributed by atoms with Crippen LogP contribution >= 0.6 is 11.6 Å². The molecule has 11 heteroatoms. The molecule has 1 fully saturated rings. The molecule has 0 unspecified atom stereocenters. The lowest BCUT2D eigenvalue weighted by atomic mass is 10.0. The number of nitrogens with one attached hydrogen (secondary N) is 2. The fraction of sp³-hybridized carbons (Fsp3) is 0.379. The largest absolute Gasteiger partial charge is 0.353 e. The lowest BCUT2D eigenvalue weighted by Crippen LogP contribution is -2.45. The summed E-state index contributed by atoms with van der Waals surface area (Å²) in [6, 6.07) is 9.74. The third-order valence-electron chi connectivity index (χ3n) is 7.27. The highest BCUT2D eigenvalue weighted by atomic mass is 35.5. The van der Waals surface area contributed by atoms with Crippen LogP contribution in [0.5, 0.6) is 0 Å². The zero-order valence-corrected chi connectivity index (χ0v) is 23.6. The lowest BCUT2D eigenvalue weighted by Gasteiger charge is -2.32. The molecule has 5 rings (SSSR count). The molecule has 2 N–H and O–H groups in total. The van der Waals surface area contributed by atoms with Crippen molar-refractivity contribution in [3.63, 3.8) is 0 Å². The normalized spacial score (nSPS) is 16.9. The molecule has 3 aromatic rings. The van der Waals surface area contributed by atoms with Crippen LogP contribution < -0.4 is 10.6 Å². The minimum atomic E-state index is -0.429. The zero-order chi connectivity index (χ0) is 28.1. The first-order valence-corrected chi connectivity index (χ1v) is 13.9. The molecular formula is C29H34ClFN8O. The molecule has 2 aliphatic heterocycles. The first-order valence-electron chi connectivity index (χ1n) is 13.5. The molecule has 2 aromatic heterocycles. The Morgan fingerprint density at radius 3 is 2.62 bits per heavy atom. The minimum Gasteiger partial charge on any atom is -0.353 e. The molecule has 210 valence electrons. The smallest absolute Gasteiger partial charge is 0.226 e. The second-order valence-corrected chi connectivity index (χ2v) is 10.8. The number of carbonyl (C=O) groups excluding carboxylic acids is 1. The fourth-order valence-corrected chi connectivity index (χ4v) is 4.98. The number of amides is 1. The Balaban J connectivity index is 1.35. The maximum Gasteiger partial charge on any atom is 0.226 e. The number of carbonyl (C=O) groups is 1. The number of pyridine rings is 1. The fourth-order valence-electron chi connectivity index (χ4n) is 4.80. The summed E-state index contributed by atoms with van der Waals surface area (Å²) >= 11 is 6.14. The molecule has 2 aliphatic rings. The third-order valence-corrected chi connectivity index (χ3v) is 7.51. The van der Waals surface area contributed by atoms with Gasteiger partial charge < -0.3 is 25.3 Å². The Hall–Kier alpha value is -3.44. The van der Waals surface area contributed by atoms with E-state index in [2.05, 4.69) is 60.7 Å². The van der Waals surface area contributed by atoms with Gasteiger partial charge in [0.25, 0.3) is 0 Å². The van der Waals surface area contributed by atoms with Crippen molar-refractivity contribution in [2.24, 2.45) is 0 Å². The van der Waals surface area contributed by atoms with Crippen molar-refractivity contribution in [2.75, 3.05) is 70.5 Å². The van der Waals surface area contributed by atoms with Gasteiger partial charge in [-0.05, 0) is 56.4 Å². The van der Waals surface area contributed by atoms with Crippen LogP contribution in [-0.2, 0) is 4.79 Å². The summed E-state index contributed by atoms with van der Waals surface area (Å²) in [7, 11) is 4.18. The minimum absolute atomic E-state index is 0.0787. The van der Waals surface area contributed by atoms with E-state index in [0.29, 0.717) is 40.0 Å². The number of halogens is 2. The third kappa shape index (κ3) is 7.19. The predicted molar refractivity (Wildman–Crippen MR) is 157 cm³/mol. The predicted octanol–water partition coefficient (Wildman–Crippen LogP) is 4.37. The van der Waals surface area contributed by atoms with Crippen molar-refractivity contribution in [1.82, 2.24) is 29.9 Å². The number of piperazine rings is 1. The second kappa shape index (κ2) is 12.8. The van der Waals surface area contributed by atoms with Crippen LogP contribution in [0.25, 0.3) is 16.8 Å². The molecule has 0 atom stereocenters. The van der Waals surface area contributed by atoms with Gasteiger partial charge in [0.15, 0.2) is 0 Å². The van der Waals surface area contributed by atoms with Gasteiger partial charge in [0.1, 0.15) is 17.3 Å². The number of benzene rings is 1. The molecule has 1 aromatic carbocycles. The molecular weight excluding hydrogens is 531 g/mol. The Morgan fingerprint density at radius 2 is 1.85 bits per heavy atom. The van der Waals surface area contributed by atoms with E-state index in [1.54, 1.807) is 24.4 Å². The summed E-state index contributed by atoms with van der Waals surface area (Å²) in [5, 5.41) is 15.6. The van der Waals surface area contributed by atoms with Crippen LogP contribution in [0.4, 0.5) is 21.6 Å². The Labute approximate surface area is 239 Å². The Morgan fingerprint density at radius 1 is 1.02 bits per heavy atom. The van der Waals surface area contributed by atoms with Gasteiger partial charge in [0, 0.05) is 80.8 Å². The molecule has 0 saturated carbocycles. The van der Waals surface area contributed by atoms with Crippen LogP contribution in [-0.4, -0.2) is 95.7 Å². The van der Waals surface area contributed by atoms with Crippen LogP contribution in [0.2, 0.25) is 5.02 Å². The first kappa shape index (κ1) is 28.1. The van der Waals surface area contributed by atoms with E-state index >= 15 is 0 Å². The van der Waals surface area contributed by atoms with Gasteiger partial charge >= 0.3 is 0 Å². The molecule has 0 spiro atoms. The van der Waals surface area contributed by atoms with Gasteiger partial charge in [0.05, 0.1) is 11.4 Å². The highest BCUT2D eigenvalue weighted by Gasteiger charge is 2.19. The van der Waals surface area contributed by atoms with E-state index < -0.39 is 5.82 Å². The van der Waals surface area contributed by atoms with Crippen LogP contribution in [0.15, 0.2) is 48.7 Å². The number of anilines is 3. The van der Waals surface area contributed by atoms with E-state index in [-0.39, 0.29) is 11.5 Å². The van der Waals surface area contributed by atoms with E-state index in [1.165, 1.54) is 12.1 Å². The molecule has 0 bridgehead atoms. The number of rotatable bonds is 8. The van der Waals surface area contributed by atoms with Gasteiger partial charge in [-0.25, -0.2) is 9.37 Å². The van der Waals surface area contributed by atoms with Crippen molar-refractivity contribution in [3.05, 3.63) is 65.2 Å². The number of aromatic nitrogens is 3. The Bertz CT molecular complexity index is 1390. The van der Waals surface area contributed by atoms with Crippen molar-refractivity contribution < 1.29 is 9.18 Å². The summed E-state index contributed by atoms with van der Waals surface area (Å²) in [6.07, 6.45) is 4.99.